The van der Waals surface area contributed by atoms with E-state index < -0.39 is 6.10 Å². The Kier molecular flexibility index (Phi) is 5.07. The van der Waals surface area contributed by atoms with E-state index in [1.807, 2.05) is 41.0 Å². The zero-order chi connectivity index (χ0) is 19.7. The number of rotatable bonds is 6. The van der Waals surface area contributed by atoms with Crippen LogP contribution in [0.2, 0.25) is 5.02 Å². The molecule has 4 aromatic rings. The van der Waals surface area contributed by atoms with Crippen molar-refractivity contribution in [1.29, 1.82) is 5.41 Å². The molecule has 4 rings (SSSR count). The molecule has 0 saturated heterocycles. The van der Waals surface area contributed by atoms with E-state index in [-0.39, 0.29) is 6.54 Å². The Labute approximate surface area is 167 Å². The number of nitrogens with one attached hydrogen (secondary N) is 1. The van der Waals surface area contributed by atoms with Gasteiger partial charge in [0.05, 0.1) is 17.6 Å². The number of hydrogen-bond donors (Lipinski definition) is 2. The zero-order valence-corrected chi connectivity index (χ0v) is 16.2. The third-order valence-corrected chi connectivity index (χ3v) is 5.03. The third kappa shape index (κ3) is 3.37. The topological polar surface area (TPSA) is 80.0 Å². The van der Waals surface area contributed by atoms with Gasteiger partial charge in [-0.2, -0.15) is 0 Å². The fourth-order valence-corrected chi connectivity index (χ4v) is 3.52. The van der Waals surface area contributed by atoms with E-state index in [4.69, 9.17) is 21.5 Å². The van der Waals surface area contributed by atoms with Gasteiger partial charge in [0.1, 0.15) is 11.8 Å². The predicted octanol–water partition coefficient (Wildman–Crippen LogP) is 4.37. The molecule has 2 heterocycles. The minimum absolute atomic E-state index is 0.214. The van der Waals surface area contributed by atoms with Crippen molar-refractivity contribution >= 4 is 22.6 Å². The Balaban J connectivity index is 1.64. The Morgan fingerprint density at radius 3 is 2.46 bits per heavy atom. The minimum atomic E-state index is -0.913. The van der Waals surface area contributed by atoms with E-state index in [0.717, 1.165) is 29.6 Å². The van der Waals surface area contributed by atoms with Crippen molar-refractivity contribution in [3.63, 3.8) is 0 Å². The Hall–Kier alpha value is -2.83. The molecule has 1 unspecified atom stereocenters. The molecular weight excluding hydrogens is 376 g/mol. The summed E-state index contributed by atoms with van der Waals surface area (Å²) in [4.78, 5) is 0. The van der Waals surface area contributed by atoms with Gasteiger partial charge in [0, 0.05) is 23.2 Å². The van der Waals surface area contributed by atoms with Gasteiger partial charge in [-0.15, -0.1) is 0 Å². The third-order valence-electron chi connectivity index (χ3n) is 4.77. The first-order chi connectivity index (χ1) is 13.6. The highest BCUT2D eigenvalue weighted by Gasteiger charge is 2.19. The van der Waals surface area contributed by atoms with Gasteiger partial charge in [0.2, 0.25) is 5.62 Å². The number of aliphatic hydroxyl groups excluding tert-OH is 1. The zero-order valence-electron chi connectivity index (χ0n) is 15.5. The molecule has 2 aromatic carbocycles. The second-order valence-corrected chi connectivity index (χ2v) is 7.15. The standard InChI is InChI=1S/C21H21ClN4O2/c1-2-11-25-17-5-3-4-6-18(17)26(21(25)23)13-19(27)20-12-16(24-28-20)14-7-9-15(22)10-8-14/h3-10,12,19,23,27H,2,11,13H2,1H3. The van der Waals surface area contributed by atoms with Crippen LogP contribution in [0.15, 0.2) is 59.1 Å². The molecule has 0 fully saturated rings. The Morgan fingerprint density at radius 1 is 1.11 bits per heavy atom. The highest BCUT2D eigenvalue weighted by molar-refractivity contribution is 6.30. The molecule has 0 radical (unpaired) electrons. The average Bonchev–Trinajstić information content (AvgIpc) is 3.29. The van der Waals surface area contributed by atoms with Crippen molar-refractivity contribution in [2.24, 2.45) is 0 Å². The van der Waals surface area contributed by atoms with Crippen molar-refractivity contribution in [2.45, 2.75) is 32.5 Å². The quantitative estimate of drug-likeness (QED) is 0.507. The maximum atomic E-state index is 10.7. The van der Waals surface area contributed by atoms with E-state index in [1.165, 1.54) is 0 Å². The molecule has 0 amide bonds. The molecular formula is C21H21ClN4O2. The highest BCUT2D eigenvalue weighted by Crippen LogP contribution is 2.25. The summed E-state index contributed by atoms with van der Waals surface area (Å²) in [6, 6.07) is 16.9. The lowest BCUT2D eigenvalue weighted by atomic mass is 10.1. The lowest BCUT2D eigenvalue weighted by molar-refractivity contribution is 0.121. The fraction of sp³-hybridized carbons (Fsp3) is 0.238. The molecule has 1 atom stereocenters. The van der Waals surface area contributed by atoms with Crippen LogP contribution in [0.4, 0.5) is 0 Å². The number of hydrogen-bond acceptors (Lipinski definition) is 4. The summed E-state index contributed by atoms with van der Waals surface area (Å²) in [7, 11) is 0. The molecule has 2 N–H and O–H groups in total. The van der Waals surface area contributed by atoms with Crippen LogP contribution < -0.4 is 5.62 Å². The summed E-state index contributed by atoms with van der Waals surface area (Å²) in [5.74, 6) is 0.365. The first-order valence-electron chi connectivity index (χ1n) is 9.21. The molecule has 2 aromatic heterocycles. The molecule has 0 aliphatic rings. The monoisotopic (exact) mass is 396 g/mol. The summed E-state index contributed by atoms with van der Waals surface area (Å²) in [5, 5.41) is 24.0. The van der Waals surface area contributed by atoms with Gasteiger partial charge in [-0.25, -0.2) is 0 Å². The van der Waals surface area contributed by atoms with Crippen molar-refractivity contribution in [1.82, 2.24) is 14.3 Å². The number of aliphatic hydroxyl groups is 1. The summed E-state index contributed by atoms with van der Waals surface area (Å²) < 4.78 is 9.14. The lowest BCUT2D eigenvalue weighted by Gasteiger charge is -2.09. The van der Waals surface area contributed by atoms with Crippen molar-refractivity contribution < 1.29 is 9.63 Å². The SMILES string of the molecule is CCCn1c(=N)n(CC(O)c2cc(-c3ccc(Cl)cc3)no2)c2ccccc21. The molecule has 28 heavy (non-hydrogen) atoms. The maximum absolute atomic E-state index is 10.7. The number of imidazole rings is 1. The predicted molar refractivity (Wildman–Crippen MR) is 108 cm³/mol. The van der Waals surface area contributed by atoms with Gasteiger partial charge in [0.25, 0.3) is 0 Å². The molecule has 0 saturated carbocycles. The summed E-state index contributed by atoms with van der Waals surface area (Å²) >= 11 is 5.93. The van der Waals surface area contributed by atoms with Crippen LogP contribution in [0.3, 0.4) is 0 Å². The Bertz CT molecular complexity index is 1160. The van der Waals surface area contributed by atoms with Gasteiger partial charge in [-0.05, 0) is 30.7 Å². The van der Waals surface area contributed by atoms with Crippen molar-refractivity contribution in [3.8, 4) is 11.3 Å². The molecule has 0 aliphatic heterocycles. The van der Waals surface area contributed by atoms with Gasteiger partial charge < -0.3 is 18.8 Å². The first kappa shape index (κ1) is 18.5. The molecule has 6 nitrogen and oxygen atoms in total. The van der Waals surface area contributed by atoms with Gasteiger partial charge in [0.15, 0.2) is 5.76 Å². The van der Waals surface area contributed by atoms with E-state index in [2.05, 4.69) is 12.1 Å². The molecule has 0 aliphatic carbocycles. The minimum Gasteiger partial charge on any atom is -0.383 e. The smallest absolute Gasteiger partial charge is 0.203 e. The lowest BCUT2D eigenvalue weighted by Crippen LogP contribution is -2.26. The average molecular weight is 397 g/mol. The summed E-state index contributed by atoms with van der Waals surface area (Å²) in [6.45, 7) is 3.05. The van der Waals surface area contributed by atoms with Crippen LogP contribution in [-0.2, 0) is 13.1 Å². The second-order valence-electron chi connectivity index (χ2n) is 6.71. The number of aromatic nitrogens is 3. The normalized spacial score (nSPS) is 12.5. The van der Waals surface area contributed by atoms with Crippen LogP contribution in [0.1, 0.15) is 25.2 Å². The maximum Gasteiger partial charge on any atom is 0.203 e. The largest absolute Gasteiger partial charge is 0.383 e. The van der Waals surface area contributed by atoms with Crippen LogP contribution in [0.25, 0.3) is 22.3 Å². The van der Waals surface area contributed by atoms with E-state index in [9.17, 15) is 5.11 Å². The van der Waals surface area contributed by atoms with Crippen LogP contribution in [0, 0.1) is 5.41 Å². The Morgan fingerprint density at radius 2 is 1.79 bits per heavy atom. The van der Waals surface area contributed by atoms with E-state index in [1.54, 1.807) is 22.8 Å². The van der Waals surface area contributed by atoms with Crippen LogP contribution in [0.5, 0.6) is 0 Å². The van der Waals surface area contributed by atoms with Gasteiger partial charge in [-0.3, -0.25) is 5.41 Å². The number of benzene rings is 2. The highest BCUT2D eigenvalue weighted by atomic mass is 35.5. The molecule has 7 heteroatoms. The first-order valence-corrected chi connectivity index (χ1v) is 9.59. The second kappa shape index (κ2) is 7.66. The van der Waals surface area contributed by atoms with Crippen LogP contribution >= 0.6 is 11.6 Å². The van der Waals surface area contributed by atoms with Crippen LogP contribution in [-0.4, -0.2) is 19.4 Å². The van der Waals surface area contributed by atoms with E-state index >= 15 is 0 Å². The number of para-hydroxylation sites is 2. The summed E-state index contributed by atoms with van der Waals surface area (Å²) in [5.41, 5.74) is 3.76. The van der Waals surface area contributed by atoms with E-state index in [0.29, 0.717) is 22.1 Å². The van der Waals surface area contributed by atoms with Gasteiger partial charge in [-0.1, -0.05) is 47.9 Å². The number of fused-ring (bicyclic) bond motifs is 1. The van der Waals surface area contributed by atoms with Crippen molar-refractivity contribution in [2.75, 3.05) is 0 Å². The molecule has 0 spiro atoms. The van der Waals surface area contributed by atoms with Crippen molar-refractivity contribution in [3.05, 3.63) is 71.0 Å². The number of halogens is 1. The number of aryl methyl sites for hydroxylation is 1. The summed E-state index contributed by atoms with van der Waals surface area (Å²) in [6.07, 6.45) is 0.0168. The van der Waals surface area contributed by atoms with Gasteiger partial charge >= 0.3 is 0 Å². The number of nitrogens with zero attached hydrogens (tertiary/aromatic N) is 3. The molecule has 0 bridgehead atoms. The molecule has 144 valence electrons. The fourth-order valence-electron chi connectivity index (χ4n) is 3.40.